The number of amides is 1. The third-order valence-corrected chi connectivity index (χ3v) is 8.60. The first-order valence-corrected chi connectivity index (χ1v) is 15.7. The van der Waals surface area contributed by atoms with E-state index in [-0.39, 0.29) is 43.6 Å². The molecule has 0 radical (unpaired) electrons. The Labute approximate surface area is 270 Å². The summed E-state index contributed by atoms with van der Waals surface area (Å²) in [5.74, 6) is -1.29. The number of hydrogen-bond acceptors (Lipinski definition) is 6. The van der Waals surface area contributed by atoms with Crippen LogP contribution in [0.15, 0.2) is 103 Å². The fourth-order valence-corrected chi connectivity index (χ4v) is 5.78. The van der Waals surface area contributed by atoms with E-state index in [1.54, 1.807) is 0 Å². The van der Waals surface area contributed by atoms with Gasteiger partial charge in [0.25, 0.3) is 0 Å². The normalized spacial score (nSPS) is 18.7. The van der Waals surface area contributed by atoms with Crippen LogP contribution in [0, 0.1) is 0 Å². The molecule has 1 fully saturated rings. The predicted octanol–water partition coefficient (Wildman–Crippen LogP) is 6.57. The molecule has 1 heterocycles. The molecule has 8 nitrogen and oxygen atoms in total. The van der Waals surface area contributed by atoms with Crippen molar-refractivity contribution in [3.63, 3.8) is 0 Å². The van der Waals surface area contributed by atoms with E-state index in [0.717, 1.165) is 39.9 Å². The minimum absolute atomic E-state index is 0.00506. The second-order valence-electron chi connectivity index (χ2n) is 11.8. The Bertz CT molecular complexity index is 1580. The Morgan fingerprint density at radius 2 is 1.54 bits per heavy atom. The summed E-state index contributed by atoms with van der Waals surface area (Å²) in [5.41, 5.74) is 6.96. The Kier molecular flexibility index (Phi) is 11.3. The van der Waals surface area contributed by atoms with Crippen molar-refractivity contribution in [2.45, 2.75) is 63.9 Å². The minimum Gasteiger partial charge on any atom is -0.481 e. The number of aliphatic hydroxyl groups is 1. The van der Waals surface area contributed by atoms with Gasteiger partial charge in [0, 0.05) is 37.5 Å². The van der Waals surface area contributed by atoms with Gasteiger partial charge in [-0.25, -0.2) is 0 Å². The maximum absolute atomic E-state index is 12.1. The lowest BCUT2D eigenvalue weighted by Gasteiger charge is -2.39. The molecule has 1 amide bonds. The maximum atomic E-state index is 12.1. The van der Waals surface area contributed by atoms with Crippen LogP contribution in [0.4, 0.5) is 0 Å². The first-order chi connectivity index (χ1) is 22.3. The number of rotatable bonds is 13. The molecule has 1 aliphatic rings. The number of nitrogens with one attached hydrogen (secondary N) is 1. The molecule has 4 aromatic carbocycles. The third-order valence-electron chi connectivity index (χ3n) is 8.60. The van der Waals surface area contributed by atoms with Gasteiger partial charge in [0.2, 0.25) is 5.91 Å². The summed E-state index contributed by atoms with van der Waals surface area (Å²) >= 11 is 0. The SMILES string of the molecule is CC(c1ccccc1)N(C)CC1CC(c2ccc(CO)cc2)OC(c2ccc(-c3ccccc3CNC(=O)CCC(=O)O)cc2)O1. The smallest absolute Gasteiger partial charge is 0.303 e. The zero-order valence-corrected chi connectivity index (χ0v) is 26.3. The first kappa shape index (κ1) is 33.0. The molecule has 0 saturated carbocycles. The van der Waals surface area contributed by atoms with Gasteiger partial charge in [0.05, 0.1) is 25.2 Å². The summed E-state index contributed by atoms with van der Waals surface area (Å²) in [6.45, 7) is 3.23. The number of aliphatic carboxylic acids is 1. The average Bonchev–Trinajstić information content (AvgIpc) is 3.10. The molecule has 1 saturated heterocycles. The van der Waals surface area contributed by atoms with Crippen molar-refractivity contribution in [2.75, 3.05) is 13.6 Å². The third kappa shape index (κ3) is 8.68. The number of hydrogen-bond donors (Lipinski definition) is 3. The summed E-state index contributed by atoms with van der Waals surface area (Å²) in [4.78, 5) is 25.3. The van der Waals surface area contributed by atoms with E-state index in [1.165, 1.54) is 5.56 Å². The number of benzene rings is 4. The van der Waals surface area contributed by atoms with E-state index in [4.69, 9.17) is 14.6 Å². The Balaban J connectivity index is 1.33. The highest BCUT2D eigenvalue weighted by Gasteiger charge is 2.33. The van der Waals surface area contributed by atoms with Crippen LogP contribution in [0.3, 0.4) is 0 Å². The first-order valence-electron chi connectivity index (χ1n) is 15.7. The van der Waals surface area contributed by atoms with E-state index >= 15 is 0 Å². The van der Waals surface area contributed by atoms with Gasteiger partial charge >= 0.3 is 5.97 Å². The van der Waals surface area contributed by atoms with Crippen molar-refractivity contribution in [2.24, 2.45) is 0 Å². The average molecular weight is 623 g/mol. The van der Waals surface area contributed by atoms with Crippen LogP contribution in [0.25, 0.3) is 11.1 Å². The topological polar surface area (TPSA) is 108 Å². The summed E-state index contributed by atoms with van der Waals surface area (Å²) < 4.78 is 13.2. The van der Waals surface area contributed by atoms with Crippen molar-refractivity contribution in [3.05, 3.63) is 131 Å². The molecule has 0 aromatic heterocycles. The van der Waals surface area contributed by atoms with Crippen LogP contribution < -0.4 is 5.32 Å². The minimum atomic E-state index is -0.993. The van der Waals surface area contributed by atoms with Gasteiger partial charge in [0.1, 0.15) is 0 Å². The number of nitrogens with zero attached hydrogens (tertiary/aromatic N) is 1. The molecule has 240 valence electrons. The highest BCUT2D eigenvalue weighted by molar-refractivity contribution is 5.80. The fourth-order valence-electron chi connectivity index (χ4n) is 5.78. The lowest BCUT2D eigenvalue weighted by atomic mass is 9.97. The Hall–Kier alpha value is -4.34. The predicted molar refractivity (Wildman–Crippen MR) is 177 cm³/mol. The van der Waals surface area contributed by atoms with Gasteiger partial charge in [0.15, 0.2) is 6.29 Å². The summed E-state index contributed by atoms with van der Waals surface area (Å²) in [6, 6.07) is 34.5. The second kappa shape index (κ2) is 15.8. The van der Waals surface area contributed by atoms with Gasteiger partial charge in [-0.2, -0.15) is 0 Å². The fraction of sp³-hybridized carbons (Fsp3) is 0.316. The summed E-state index contributed by atoms with van der Waals surface area (Å²) in [5, 5.41) is 21.2. The number of carboxylic acid groups (broad SMARTS) is 1. The molecule has 46 heavy (non-hydrogen) atoms. The molecule has 4 aromatic rings. The molecule has 0 spiro atoms. The van der Waals surface area contributed by atoms with E-state index in [0.29, 0.717) is 13.0 Å². The zero-order valence-electron chi connectivity index (χ0n) is 26.3. The molecule has 0 bridgehead atoms. The van der Waals surface area contributed by atoms with E-state index in [9.17, 15) is 14.7 Å². The second-order valence-corrected chi connectivity index (χ2v) is 11.8. The molecule has 5 rings (SSSR count). The van der Waals surface area contributed by atoms with Crippen molar-refractivity contribution in [1.82, 2.24) is 10.2 Å². The van der Waals surface area contributed by atoms with Crippen LogP contribution in [-0.2, 0) is 32.2 Å². The number of carbonyl (C=O) groups excluding carboxylic acids is 1. The van der Waals surface area contributed by atoms with Gasteiger partial charge < -0.3 is 25.0 Å². The van der Waals surface area contributed by atoms with Crippen molar-refractivity contribution in [1.29, 1.82) is 0 Å². The zero-order chi connectivity index (χ0) is 32.5. The quantitative estimate of drug-likeness (QED) is 0.155. The monoisotopic (exact) mass is 622 g/mol. The molecule has 3 N–H and O–H groups in total. The standard InChI is InChI=1S/C38H42N2O6/c1-26(28-8-4-3-5-9-28)40(2)24-33-22-35(30-14-12-27(25-41)13-15-30)46-38(45-33)31-18-16-29(17-19-31)34-11-7-6-10-32(34)23-39-36(42)20-21-37(43)44/h3-19,26,33,35,38,41H,20-25H2,1-2H3,(H,39,42)(H,43,44). The molecular formula is C38H42N2O6. The Morgan fingerprint density at radius 1 is 0.870 bits per heavy atom. The number of aliphatic hydroxyl groups excluding tert-OH is 1. The maximum Gasteiger partial charge on any atom is 0.303 e. The number of carbonyl (C=O) groups is 2. The molecule has 8 heteroatoms. The van der Waals surface area contributed by atoms with Gasteiger partial charge in [-0.05, 0) is 47.4 Å². The summed E-state index contributed by atoms with van der Waals surface area (Å²) in [7, 11) is 2.12. The van der Waals surface area contributed by atoms with Crippen molar-refractivity contribution in [3.8, 4) is 11.1 Å². The van der Waals surface area contributed by atoms with Crippen LogP contribution >= 0.6 is 0 Å². The van der Waals surface area contributed by atoms with Gasteiger partial charge in [-0.3, -0.25) is 14.5 Å². The number of likely N-dealkylation sites (N-methyl/N-ethyl adjacent to an activating group) is 1. The van der Waals surface area contributed by atoms with Crippen molar-refractivity contribution < 1.29 is 29.3 Å². The van der Waals surface area contributed by atoms with E-state index < -0.39 is 12.3 Å². The molecule has 0 aliphatic carbocycles. The lowest BCUT2D eigenvalue weighted by Crippen LogP contribution is -2.38. The van der Waals surface area contributed by atoms with Crippen molar-refractivity contribution >= 4 is 11.9 Å². The van der Waals surface area contributed by atoms with Crippen LogP contribution in [0.5, 0.6) is 0 Å². The van der Waals surface area contributed by atoms with Gasteiger partial charge in [-0.15, -0.1) is 0 Å². The highest BCUT2D eigenvalue weighted by atomic mass is 16.7. The summed E-state index contributed by atoms with van der Waals surface area (Å²) in [6.07, 6.45) is -0.380. The number of ether oxygens (including phenoxy) is 2. The number of carboxylic acids is 1. The van der Waals surface area contributed by atoms with Crippen LogP contribution in [0.1, 0.15) is 72.4 Å². The van der Waals surface area contributed by atoms with Crippen LogP contribution in [-0.4, -0.2) is 46.7 Å². The Morgan fingerprint density at radius 3 is 2.24 bits per heavy atom. The molecule has 4 unspecified atom stereocenters. The molecule has 1 aliphatic heterocycles. The van der Waals surface area contributed by atoms with Gasteiger partial charge in [-0.1, -0.05) is 103 Å². The van der Waals surface area contributed by atoms with E-state index in [2.05, 4.69) is 48.5 Å². The lowest BCUT2D eigenvalue weighted by molar-refractivity contribution is -0.253. The molecular weight excluding hydrogens is 580 g/mol. The highest BCUT2D eigenvalue weighted by Crippen LogP contribution is 2.39. The van der Waals surface area contributed by atoms with E-state index in [1.807, 2.05) is 78.9 Å². The largest absolute Gasteiger partial charge is 0.481 e. The van der Waals surface area contributed by atoms with Crippen LogP contribution in [0.2, 0.25) is 0 Å². The molecule has 4 atom stereocenters.